The maximum absolute atomic E-state index is 6.11. The molecule has 0 saturated heterocycles. The van der Waals surface area contributed by atoms with Gasteiger partial charge in [0.2, 0.25) is 5.88 Å². The molecular weight excluding hydrogens is 442 g/mol. The number of hydrogen-bond donors (Lipinski definition) is 0. The number of aromatic nitrogens is 3. The van der Waals surface area contributed by atoms with Crippen LogP contribution < -0.4 is 4.74 Å². The first-order valence-corrected chi connectivity index (χ1v) is 12.5. The lowest BCUT2D eigenvalue weighted by molar-refractivity contribution is 0.461. The van der Waals surface area contributed by atoms with Crippen molar-refractivity contribution >= 4 is 21.8 Å². The standard InChI is InChI=1S/C32H27N3O/c1-3-22-17-18-33-31(19-22)35-29-13-6-5-12-27(29)28-16-15-24(21-30(28)35)23-9-7-11-26(20-23)36-32-14-8-10-25(4-2)34-32/h5-21H,3-4H2,1-2H3. The van der Waals surface area contributed by atoms with Crippen molar-refractivity contribution in [3.8, 4) is 28.6 Å². The number of nitrogens with zero attached hydrogens (tertiary/aromatic N) is 3. The number of hydrogen-bond acceptors (Lipinski definition) is 3. The molecule has 0 N–H and O–H groups in total. The second kappa shape index (κ2) is 9.31. The number of para-hydroxylation sites is 1. The van der Waals surface area contributed by atoms with Crippen LogP contribution in [-0.4, -0.2) is 14.5 Å². The fraction of sp³-hybridized carbons (Fsp3) is 0.125. The van der Waals surface area contributed by atoms with Gasteiger partial charge in [0.1, 0.15) is 11.6 Å². The van der Waals surface area contributed by atoms with Gasteiger partial charge in [0.05, 0.1) is 11.0 Å². The van der Waals surface area contributed by atoms with Crippen molar-refractivity contribution in [1.82, 2.24) is 14.5 Å². The molecule has 4 heteroatoms. The van der Waals surface area contributed by atoms with Gasteiger partial charge in [0.25, 0.3) is 0 Å². The molecule has 4 nitrogen and oxygen atoms in total. The Morgan fingerprint density at radius 2 is 1.53 bits per heavy atom. The summed E-state index contributed by atoms with van der Waals surface area (Å²) in [6.07, 6.45) is 3.75. The van der Waals surface area contributed by atoms with Crippen LogP contribution in [0.25, 0.3) is 38.8 Å². The smallest absolute Gasteiger partial charge is 0.219 e. The number of benzene rings is 3. The van der Waals surface area contributed by atoms with Crippen molar-refractivity contribution in [1.29, 1.82) is 0 Å². The normalized spacial score (nSPS) is 11.3. The lowest BCUT2D eigenvalue weighted by Gasteiger charge is -2.10. The minimum atomic E-state index is 0.615. The molecule has 0 aliphatic rings. The SMILES string of the molecule is CCc1ccnc(-n2c3ccccc3c3ccc(-c4cccc(Oc5cccc(CC)n5)c4)cc32)c1. The molecule has 36 heavy (non-hydrogen) atoms. The summed E-state index contributed by atoms with van der Waals surface area (Å²) in [5.74, 6) is 2.33. The predicted octanol–water partition coefficient (Wildman–Crippen LogP) is 8.16. The van der Waals surface area contributed by atoms with Crippen LogP contribution in [0.4, 0.5) is 0 Å². The third kappa shape index (κ3) is 4.01. The van der Waals surface area contributed by atoms with Gasteiger partial charge in [-0.25, -0.2) is 9.97 Å². The molecule has 0 radical (unpaired) electrons. The Balaban J connectivity index is 1.47. The highest BCUT2D eigenvalue weighted by molar-refractivity contribution is 6.10. The van der Waals surface area contributed by atoms with Gasteiger partial charge in [-0.15, -0.1) is 0 Å². The summed E-state index contributed by atoms with van der Waals surface area (Å²) < 4.78 is 8.38. The van der Waals surface area contributed by atoms with Crippen LogP contribution in [0, 0.1) is 0 Å². The zero-order valence-corrected chi connectivity index (χ0v) is 20.5. The first kappa shape index (κ1) is 22.1. The number of fused-ring (bicyclic) bond motifs is 3. The minimum Gasteiger partial charge on any atom is -0.439 e. The van der Waals surface area contributed by atoms with Crippen molar-refractivity contribution in [2.45, 2.75) is 26.7 Å². The molecule has 176 valence electrons. The van der Waals surface area contributed by atoms with E-state index in [-0.39, 0.29) is 0 Å². The van der Waals surface area contributed by atoms with Gasteiger partial charge in [0.15, 0.2) is 0 Å². The molecule has 0 spiro atoms. The molecular formula is C32H27N3O. The van der Waals surface area contributed by atoms with Gasteiger partial charge in [-0.1, -0.05) is 62.4 Å². The van der Waals surface area contributed by atoms with Gasteiger partial charge in [-0.3, -0.25) is 4.57 Å². The van der Waals surface area contributed by atoms with Crippen LogP contribution in [0.15, 0.2) is 103 Å². The van der Waals surface area contributed by atoms with Crippen LogP contribution in [0.3, 0.4) is 0 Å². The number of pyridine rings is 2. The number of aryl methyl sites for hydroxylation is 2. The van der Waals surface area contributed by atoms with E-state index in [2.05, 4.69) is 90.1 Å². The molecule has 6 aromatic rings. The van der Waals surface area contributed by atoms with Gasteiger partial charge < -0.3 is 4.74 Å². The second-order valence-corrected chi connectivity index (χ2v) is 8.91. The maximum atomic E-state index is 6.11. The van der Waals surface area contributed by atoms with Crippen LogP contribution >= 0.6 is 0 Å². The van der Waals surface area contributed by atoms with Crippen LogP contribution in [0.5, 0.6) is 11.6 Å². The fourth-order valence-corrected chi connectivity index (χ4v) is 4.77. The molecule has 3 aromatic carbocycles. The highest BCUT2D eigenvalue weighted by Gasteiger charge is 2.14. The average Bonchev–Trinajstić information content (AvgIpc) is 3.27. The molecule has 3 heterocycles. The van der Waals surface area contributed by atoms with Crippen molar-refractivity contribution in [3.05, 3.63) is 115 Å². The van der Waals surface area contributed by atoms with E-state index in [1.54, 1.807) is 0 Å². The lowest BCUT2D eigenvalue weighted by Crippen LogP contribution is -1.98. The average molecular weight is 470 g/mol. The van der Waals surface area contributed by atoms with E-state index in [1.165, 1.54) is 16.3 Å². The van der Waals surface area contributed by atoms with E-state index in [9.17, 15) is 0 Å². The number of rotatable bonds is 6. The molecule has 0 aliphatic carbocycles. The van der Waals surface area contributed by atoms with E-state index < -0.39 is 0 Å². The van der Waals surface area contributed by atoms with E-state index in [1.807, 2.05) is 36.5 Å². The summed E-state index contributed by atoms with van der Waals surface area (Å²) in [6, 6.07) is 33.5. The third-order valence-electron chi connectivity index (χ3n) is 6.65. The molecule has 0 atom stereocenters. The lowest BCUT2D eigenvalue weighted by atomic mass is 10.0. The minimum absolute atomic E-state index is 0.615. The van der Waals surface area contributed by atoms with Crippen molar-refractivity contribution < 1.29 is 4.74 Å². The first-order chi connectivity index (χ1) is 17.7. The van der Waals surface area contributed by atoms with Crippen molar-refractivity contribution in [3.63, 3.8) is 0 Å². The summed E-state index contributed by atoms with van der Waals surface area (Å²) in [4.78, 5) is 9.32. The second-order valence-electron chi connectivity index (χ2n) is 8.91. The van der Waals surface area contributed by atoms with Crippen LogP contribution in [-0.2, 0) is 12.8 Å². The molecule has 6 rings (SSSR count). The Hall–Kier alpha value is -4.44. The van der Waals surface area contributed by atoms with E-state index in [4.69, 9.17) is 9.72 Å². The molecule has 0 bridgehead atoms. The monoisotopic (exact) mass is 469 g/mol. The Morgan fingerprint density at radius 1 is 0.694 bits per heavy atom. The van der Waals surface area contributed by atoms with Gasteiger partial charge in [-0.2, -0.15) is 0 Å². The predicted molar refractivity (Wildman–Crippen MR) is 147 cm³/mol. The zero-order valence-electron chi connectivity index (χ0n) is 20.5. The Kier molecular flexibility index (Phi) is 5.70. The summed E-state index contributed by atoms with van der Waals surface area (Å²) in [5, 5.41) is 2.44. The highest BCUT2D eigenvalue weighted by atomic mass is 16.5. The maximum Gasteiger partial charge on any atom is 0.219 e. The number of ether oxygens (including phenoxy) is 1. The van der Waals surface area contributed by atoms with E-state index in [0.29, 0.717) is 5.88 Å². The van der Waals surface area contributed by atoms with Gasteiger partial charge >= 0.3 is 0 Å². The fourth-order valence-electron chi connectivity index (χ4n) is 4.77. The summed E-state index contributed by atoms with van der Waals surface area (Å²) >= 11 is 0. The third-order valence-corrected chi connectivity index (χ3v) is 6.65. The van der Waals surface area contributed by atoms with Gasteiger partial charge in [-0.05, 0) is 72.0 Å². The molecule has 0 aliphatic heterocycles. The highest BCUT2D eigenvalue weighted by Crippen LogP contribution is 2.35. The summed E-state index contributed by atoms with van der Waals surface area (Å²) in [5.41, 5.74) is 6.80. The van der Waals surface area contributed by atoms with E-state index >= 15 is 0 Å². The topological polar surface area (TPSA) is 39.9 Å². The van der Waals surface area contributed by atoms with Crippen molar-refractivity contribution in [2.24, 2.45) is 0 Å². The molecule has 3 aromatic heterocycles. The summed E-state index contributed by atoms with van der Waals surface area (Å²) in [7, 11) is 0. The first-order valence-electron chi connectivity index (χ1n) is 12.5. The molecule has 0 unspecified atom stereocenters. The van der Waals surface area contributed by atoms with Gasteiger partial charge in [0, 0.05) is 28.7 Å². The molecule has 0 saturated carbocycles. The zero-order chi connectivity index (χ0) is 24.5. The molecule has 0 fully saturated rings. The molecule has 0 amide bonds. The Bertz CT molecular complexity index is 1700. The van der Waals surface area contributed by atoms with E-state index in [0.717, 1.165) is 52.3 Å². The quantitative estimate of drug-likeness (QED) is 0.247. The van der Waals surface area contributed by atoms with Crippen molar-refractivity contribution in [2.75, 3.05) is 0 Å². The van der Waals surface area contributed by atoms with Crippen LogP contribution in [0.2, 0.25) is 0 Å². The summed E-state index contributed by atoms with van der Waals surface area (Å²) in [6.45, 7) is 4.27. The Morgan fingerprint density at radius 3 is 2.42 bits per heavy atom. The Labute approximate surface area is 210 Å². The largest absolute Gasteiger partial charge is 0.439 e. The van der Waals surface area contributed by atoms with Crippen LogP contribution in [0.1, 0.15) is 25.1 Å².